The highest BCUT2D eigenvalue weighted by Gasteiger charge is 2.27. The number of benzene rings is 1. The third-order valence-corrected chi connectivity index (χ3v) is 3.80. The molecule has 1 aromatic carbocycles. The van der Waals surface area contributed by atoms with Gasteiger partial charge in [0.15, 0.2) is 0 Å². The Labute approximate surface area is 103 Å². The zero-order valence-corrected chi connectivity index (χ0v) is 10.6. The molecule has 0 saturated carbocycles. The highest BCUT2D eigenvalue weighted by molar-refractivity contribution is 5.20. The molecule has 0 radical (unpaired) electrons. The minimum atomic E-state index is -0.157. The molecule has 0 bridgehead atoms. The molecule has 3 atom stereocenters. The summed E-state index contributed by atoms with van der Waals surface area (Å²) in [5.74, 6) is -0.157. The molecular formula is C14H21FN2. The molecule has 2 nitrogen and oxygen atoms in total. The average Bonchev–Trinajstić information content (AvgIpc) is 2.28. The standard InChI is InChI=1S/C14H21FN2/c1-10-8-14(16)6-7-17(10)11(2)12-4-3-5-13(15)9-12/h3-5,9-11,14H,6-8,16H2,1-2H3. The third kappa shape index (κ3) is 2.85. The van der Waals surface area contributed by atoms with Crippen molar-refractivity contribution in [2.24, 2.45) is 5.73 Å². The molecule has 1 aliphatic rings. The second-order valence-electron chi connectivity index (χ2n) is 5.10. The third-order valence-electron chi connectivity index (χ3n) is 3.80. The number of nitrogens with zero attached hydrogens (tertiary/aromatic N) is 1. The first-order chi connectivity index (χ1) is 8.08. The van der Waals surface area contributed by atoms with Gasteiger partial charge in [-0.1, -0.05) is 12.1 Å². The first-order valence-electron chi connectivity index (χ1n) is 6.34. The second kappa shape index (κ2) is 5.15. The Balaban J connectivity index is 2.12. The van der Waals surface area contributed by atoms with Gasteiger partial charge in [0.25, 0.3) is 0 Å². The van der Waals surface area contributed by atoms with Crippen LogP contribution in [0.2, 0.25) is 0 Å². The zero-order valence-electron chi connectivity index (χ0n) is 10.6. The van der Waals surface area contributed by atoms with E-state index in [0.29, 0.717) is 12.1 Å². The van der Waals surface area contributed by atoms with Gasteiger partial charge in [-0.25, -0.2) is 4.39 Å². The maximum atomic E-state index is 13.2. The molecule has 94 valence electrons. The summed E-state index contributed by atoms with van der Waals surface area (Å²) in [6, 6.07) is 7.94. The van der Waals surface area contributed by atoms with Crippen molar-refractivity contribution in [3.63, 3.8) is 0 Å². The summed E-state index contributed by atoms with van der Waals surface area (Å²) in [5, 5.41) is 0. The summed E-state index contributed by atoms with van der Waals surface area (Å²) in [6.07, 6.45) is 2.06. The van der Waals surface area contributed by atoms with Crippen LogP contribution >= 0.6 is 0 Å². The predicted octanol–water partition coefficient (Wildman–Crippen LogP) is 2.70. The molecule has 1 saturated heterocycles. The smallest absolute Gasteiger partial charge is 0.123 e. The van der Waals surface area contributed by atoms with Crippen molar-refractivity contribution in [2.45, 2.75) is 44.8 Å². The van der Waals surface area contributed by atoms with Gasteiger partial charge >= 0.3 is 0 Å². The lowest BCUT2D eigenvalue weighted by Gasteiger charge is -2.40. The van der Waals surface area contributed by atoms with Gasteiger partial charge in [0.1, 0.15) is 5.82 Å². The van der Waals surface area contributed by atoms with Gasteiger partial charge in [-0.15, -0.1) is 0 Å². The summed E-state index contributed by atoms with van der Waals surface area (Å²) in [6.45, 7) is 5.34. The maximum Gasteiger partial charge on any atom is 0.123 e. The number of rotatable bonds is 2. The van der Waals surface area contributed by atoms with Crippen LogP contribution in [0, 0.1) is 5.82 Å². The summed E-state index contributed by atoms with van der Waals surface area (Å²) in [4.78, 5) is 2.41. The number of hydrogen-bond acceptors (Lipinski definition) is 2. The second-order valence-corrected chi connectivity index (χ2v) is 5.10. The monoisotopic (exact) mass is 236 g/mol. The Hall–Kier alpha value is -0.930. The Morgan fingerprint density at radius 1 is 1.47 bits per heavy atom. The van der Waals surface area contributed by atoms with Gasteiger partial charge in [0, 0.05) is 24.7 Å². The minimum absolute atomic E-state index is 0.157. The topological polar surface area (TPSA) is 29.3 Å². The van der Waals surface area contributed by atoms with Crippen LogP contribution in [0.25, 0.3) is 0 Å². The van der Waals surface area contributed by atoms with Crippen LogP contribution in [0.5, 0.6) is 0 Å². The Morgan fingerprint density at radius 2 is 2.24 bits per heavy atom. The lowest BCUT2D eigenvalue weighted by molar-refractivity contribution is 0.104. The first-order valence-corrected chi connectivity index (χ1v) is 6.34. The molecule has 1 fully saturated rings. The summed E-state index contributed by atoms with van der Waals surface area (Å²) in [5.41, 5.74) is 7.01. The lowest BCUT2D eigenvalue weighted by atomic mass is 9.95. The molecule has 0 amide bonds. The van der Waals surface area contributed by atoms with Gasteiger partial charge in [-0.2, -0.15) is 0 Å². The fraction of sp³-hybridized carbons (Fsp3) is 0.571. The van der Waals surface area contributed by atoms with Crippen molar-refractivity contribution >= 4 is 0 Å². The van der Waals surface area contributed by atoms with Crippen LogP contribution in [-0.2, 0) is 0 Å². The first kappa shape index (κ1) is 12.5. The van der Waals surface area contributed by atoms with Crippen LogP contribution < -0.4 is 5.73 Å². The van der Waals surface area contributed by atoms with Crippen molar-refractivity contribution in [1.82, 2.24) is 4.90 Å². The largest absolute Gasteiger partial charge is 0.328 e. The molecule has 3 heteroatoms. The Kier molecular flexibility index (Phi) is 3.79. The van der Waals surface area contributed by atoms with Crippen molar-refractivity contribution < 1.29 is 4.39 Å². The Bertz CT molecular complexity index is 380. The van der Waals surface area contributed by atoms with Crippen LogP contribution in [0.15, 0.2) is 24.3 Å². The zero-order chi connectivity index (χ0) is 12.4. The van der Waals surface area contributed by atoms with Crippen LogP contribution in [0.3, 0.4) is 0 Å². The summed E-state index contributed by atoms with van der Waals surface area (Å²) < 4.78 is 13.2. The normalized spacial score (nSPS) is 28.0. The number of piperidine rings is 1. The van der Waals surface area contributed by atoms with E-state index in [0.717, 1.165) is 24.9 Å². The van der Waals surface area contributed by atoms with Gasteiger partial charge in [-0.3, -0.25) is 4.90 Å². The molecule has 3 unspecified atom stereocenters. The molecule has 0 aromatic heterocycles. The van der Waals surface area contributed by atoms with Crippen LogP contribution in [0.4, 0.5) is 4.39 Å². The Morgan fingerprint density at radius 3 is 2.88 bits per heavy atom. The van der Waals surface area contributed by atoms with Crippen molar-refractivity contribution in [2.75, 3.05) is 6.54 Å². The molecule has 2 N–H and O–H groups in total. The highest BCUT2D eigenvalue weighted by atomic mass is 19.1. The van der Waals surface area contributed by atoms with Gasteiger partial charge in [0.2, 0.25) is 0 Å². The van der Waals surface area contributed by atoms with Crippen molar-refractivity contribution in [3.05, 3.63) is 35.6 Å². The van der Waals surface area contributed by atoms with Gasteiger partial charge in [0.05, 0.1) is 0 Å². The fourth-order valence-electron chi connectivity index (χ4n) is 2.76. The molecule has 1 heterocycles. The van der Waals surface area contributed by atoms with Crippen molar-refractivity contribution in [1.29, 1.82) is 0 Å². The molecule has 0 spiro atoms. The minimum Gasteiger partial charge on any atom is -0.328 e. The van der Waals surface area contributed by atoms with E-state index >= 15 is 0 Å². The SMILES string of the molecule is CC1CC(N)CCN1C(C)c1cccc(F)c1. The van der Waals surface area contributed by atoms with E-state index < -0.39 is 0 Å². The fourth-order valence-corrected chi connectivity index (χ4v) is 2.76. The molecule has 0 aliphatic carbocycles. The van der Waals surface area contributed by atoms with E-state index in [1.807, 2.05) is 6.07 Å². The molecule has 2 rings (SSSR count). The highest BCUT2D eigenvalue weighted by Crippen LogP contribution is 2.27. The van der Waals surface area contributed by atoms with E-state index in [9.17, 15) is 4.39 Å². The number of hydrogen-bond donors (Lipinski definition) is 1. The number of nitrogens with two attached hydrogens (primary N) is 1. The molecule has 17 heavy (non-hydrogen) atoms. The molecular weight excluding hydrogens is 215 g/mol. The average molecular weight is 236 g/mol. The van der Waals surface area contributed by atoms with E-state index in [-0.39, 0.29) is 11.9 Å². The maximum absolute atomic E-state index is 13.2. The summed E-state index contributed by atoms with van der Waals surface area (Å²) >= 11 is 0. The number of likely N-dealkylation sites (tertiary alicyclic amines) is 1. The molecule has 1 aliphatic heterocycles. The number of halogens is 1. The quantitative estimate of drug-likeness (QED) is 0.855. The van der Waals surface area contributed by atoms with Crippen molar-refractivity contribution in [3.8, 4) is 0 Å². The predicted molar refractivity (Wildman–Crippen MR) is 68.2 cm³/mol. The van der Waals surface area contributed by atoms with E-state index in [1.54, 1.807) is 12.1 Å². The molecule has 1 aromatic rings. The summed E-state index contributed by atoms with van der Waals surface area (Å²) in [7, 11) is 0. The lowest BCUT2D eigenvalue weighted by Crippen LogP contribution is -2.46. The van der Waals surface area contributed by atoms with Crippen LogP contribution in [0.1, 0.15) is 38.3 Å². The van der Waals surface area contributed by atoms with Gasteiger partial charge < -0.3 is 5.73 Å². The van der Waals surface area contributed by atoms with Crippen LogP contribution in [-0.4, -0.2) is 23.5 Å². The van der Waals surface area contributed by atoms with E-state index in [4.69, 9.17) is 5.73 Å². The van der Waals surface area contributed by atoms with E-state index in [2.05, 4.69) is 18.7 Å². The van der Waals surface area contributed by atoms with E-state index in [1.165, 1.54) is 6.07 Å². The van der Waals surface area contributed by atoms with Gasteiger partial charge in [-0.05, 0) is 44.4 Å².